The van der Waals surface area contributed by atoms with Crippen LogP contribution in [-0.4, -0.2) is 10.9 Å². The number of Topliss-reactive ketones (excluding diaryl/α,β-unsaturated/α-hetero) is 1. The summed E-state index contributed by atoms with van der Waals surface area (Å²) in [5, 5.41) is 12.3. The third-order valence-corrected chi connectivity index (χ3v) is 3.42. The number of hydrogen-bond donors (Lipinski definition) is 1. The van der Waals surface area contributed by atoms with Crippen molar-refractivity contribution in [2.45, 2.75) is 6.10 Å². The zero-order valence-electron chi connectivity index (χ0n) is 10.9. The molecule has 98 valence electrons. The predicted octanol–water partition coefficient (Wildman–Crippen LogP) is 3.76. The topological polar surface area (TPSA) is 37.3 Å². The van der Waals surface area contributed by atoms with Crippen LogP contribution in [0.1, 0.15) is 22.0 Å². The summed E-state index contributed by atoms with van der Waals surface area (Å²) in [6.45, 7) is 0. The number of rotatable bonds is 3. The van der Waals surface area contributed by atoms with Crippen LogP contribution in [0.3, 0.4) is 0 Å². The summed E-state index contributed by atoms with van der Waals surface area (Å²) in [7, 11) is 0. The maximum Gasteiger partial charge on any atom is 0.195 e. The number of carbonyl (C=O) groups excluding carboxylic acids is 1. The van der Waals surface area contributed by atoms with Gasteiger partial charge in [0.05, 0.1) is 0 Å². The van der Waals surface area contributed by atoms with Crippen LogP contribution in [0.25, 0.3) is 10.8 Å². The Morgan fingerprint density at radius 2 is 1.45 bits per heavy atom. The van der Waals surface area contributed by atoms with Gasteiger partial charge in [-0.25, -0.2) is 0 Å². The van der Waals surface area contributed by atoms with E-state index in [1.165, 1.54) is 0 Å². The summed E-state index contributed by atoms with van der Waals surface area (Å²) in [6, 6.07) is 22.2. The molecule has 0 aliphatic rings. The largest absolute Gasteiger partial charge is 0.380 e. The molecule has 0 aliphatic heterocycles. The van der Waals surface area contributed by atoms with Gasteiger partial charge in [-0.1, -0.05) is 72.8 Å². The van der Waals surface area contributed by atoms with Crippen LogP contribution in [0.5, 0.6) is 0 Å². The average molecular weight is 262 g/mol. The Morgan fingerprint density at radius 1 is 0.800 bits per heavy atom. The molecule has 0 heterocycles. The second-order valence-electron chi connectivity index (χ2n) is 4.70. The predicted molar refractivity (Wildman–Crippen MR) is 79.7 cm³/mol. The van der Waals surface area contributed by atoms with E-state index in [1.54, 1.807) is 30.3 Å². The molecule has 0 radical (unpaired) electrons. The molecule has 0 saturated carbocycles. The van der Waals surface area contributed by atoms with Crippen LogP contribution in [0.2, 0.25) is 0 Å². The first-order valence-corrected chi connectivity index (χ1v) is 6.52. The summed E-state index contributed by atoms with van der Waals surface area (Å²) in [5.41, 5.74) is 1.17. The lowest BCUT2D eigenvalue weighted by molar-refractivity contribution is 0.0750. The highest BCUT2D eigenvalue weighted by molar-refractivity contribution is 6.02. The van der Waals surface area contributed by atoms with Crippen molar-refractivity contribution in [3.05, 3.63) is 83.9 Å². The number of fused-ring (bicyclic) bond motifs is 1. The van der Waals surface area contributed by atoms with Gasteiger partial charge in [0.1, 0.15) is 6.10 Å². The fraction of sp³-hybridized carbons (Fsp3) is 0.0556. The van der Waals surface area contributed by atoms with E-state index in [4.69, 9.17) is 0 Å². The van der Waals surface area contributed by atoms with Crippen LogP contribution in [-0.2, 0) is 0 Å². The molecular formula is C18H14O2. The Morgan fingerprint density at radius 3 is 2.25 bits per heavy atom. The van der Waals surface area contributed by atoms with Gasteiger partial charge in [-0.2, -0.15) is 0 Å². The molecule has 0 bridgehead atoms. The summed E-state index contributed by atoms with van der Waals surface area (Å²) in [5.74, 6) is -0.276. The zero-order chi connectivity index (χ0) is 13.9. The maximum absolute atomic E-state index is 12.3. The molecule has 0 spiro atoms. The van der Waals surface area contributed by atoms with Gasteiger partial charge in [-0.15, -0.1) is 0 Å². The van der Waals surface area contributed by atoms with Crippen molar-refractivity contribution in [3.8, 4) is 0 Å². The van der Waals surface area contributed by atoms with Crippen molar-refractivity contribution in [1.82, 2.24) is 0 Å². The maximum atomic E-state index is 12.3. The monoisotopic (exact) mass is 262 g/mol. The van der Waals surface area contributed by atoms with Crippen molar-refractivity contribution < 1.29 is 9.90 Å². The smallest absolute Gasteiger partial charge is 0.195 e. The van der Waals surface area contributed by atoms with E-state index < -0.39 is 6.10 Å². The van der Waals surface area contributed by atoms with Gasteiger partial charge in [0, 0.05) is 5.56 Å². The molecule has 3 rings (SSSR count). The first kappa shape index (κ1) is 12.6. The lowest BCUT2D eigenvalue weighted by Gasteiger charge is -2.13. The van der Waals surface area contributed by atoms with E-state index in [0.29, 0.717) is 11.1 Å². The molecule has 0 fully saturated rings. The molecule has 2 nitrogen and oxygen atoms in total. The number of benzene rings is 3. The van der Waals surface area contributed by atoms with Crippen molar-refractivity contribution in [3.63, 3.8) is 0 Å². The van der Waals surface area contributed by atoms with Crippen LogP contribution in [0, 0.1) is 0 Å². The quantitative estimate of drug-likeness (QED) is 0.730. The third kappa shape index (κ3) is 2.22. The molecule has 1 atom stereocenters. The molecule has 3 aromatic rings. The van der Waals surface area contributed by atoms with E-state index in [0.717, 1.165) is 10.8 Å². The molecule has 1 N–H and O–H groups in total. The fourth-order valence-corrected chi connectivity index (χ4v) is 2.39. The van der Waals surface area contributed by atoms with E-state index in [1.807, 2.05) is 42.5 Å². The van der Waals surface area contributed by atoms with Crippen molar-refractivity contribution >= 4 is 16.6 Å². The lowest BCUT2D eigenvalue weighted by atomic mass is 9.95. The number of aliphatic hydroxyl groups excluding tert-OH is 1. The molecule has 0 amide bonds. The van der Waals surface area contributed by atoms with Gasteiger partial charge in [-0.05, 0) is 16.3 Å². The minimum absolute atomic E-state index is 0.276. The summed E-state index contributed by atoms with van der Waals surface area (Å²) < 4.78 is 0. The van der Waals surface area contributed by atoms with Crippen LogP contribution < -0.4 is 0 Å². The Bertz CT molecular complexity index is 742. The Hall–Kier alpha value is -2.45. The normalized spacial score (nSPS) is 12.2. The Kier molecular flexibility index (Phi) is 3.32. The lowest BCUT2D eigenvalue weighted by Crippen LogP contribution is -2.12. The first-order valence-electron chi connectivity index (χ1n) is 6.52. The minimum Gasteiger partial charge on any atom is -0.380 e. The number of hydrogen-bond acceptors (Lipinski definition) is 2. The van der Waals surface area contributed by atoms with Crippen LogP contribution >= 0.6 is 0 Å². The number of ketones is 1. The van der Waals surface area contributed by atoms with Gasteiger partial charge in [0.15, 0.2) is 5.78 Å². The Balaban J connectivity index is 2.05. The zero-order valence-corrected chi connectivity index (χ0v) is 10.9. The number of carbonyl (C=O) groups is 1. The van der Waals surface area contributed by atoms with Crippen LogP contribution in [0.4, 0.5) is 0 Å². The highest BCUT2D eigenvalue weighted by Gasteiger charge is 2.20. The Labute approximate surface area is 117 Å². The van der Waals surface area contributed by atoms with Gasteiger partial charge in [0.25, 0.3) is 0 Å². The summed E-state index contributed by atoms with van der Waals surface area (Å²) >= 11 is 0. The average Bonchev–Trinajstić information content (AvgIpc) is 2.54. The van der Waals surface area contributed by atoms with E-state index in [-0.39, 0.29) is 5.78 Å². The second-order valence-corrected chi connectivity index (χ2v) is 4.70. The minimum atomic E-state index is -1.14. The molecular weight excluding hydrogens is 248 g/mol. The highest BCUT2D eigenvalue weighted by Crippen LogP contribution is 2.26. The molecule has 20 heavy (non-hydrogen) atoms. The molecule has 0 aliphatic carbocycles. The fourth-order valence-electron chi connectivity index (χ4n) is 2.39. The third-order valence-electron chi connectivity index (χ3n) is 3.42. The van der Waals surface area contributed by atoms with Gasteiger partial charge < -0.3 is 5.11 Å². The molecule has 0 saturated heterocycles. The SMILES string of the molecule is O=C(c1ccccc1)C(O)c1cccc2ccccc12. The summed E-state index contributed by atoms with van der Waals surface area (Å²) in [4.78, 5) is 12.3. The second kappa shape index (κ2) is 5.27. The summed E-state index contributed by atoms with van der Waals surface area (Å²) in [6.07, 6.45) is -1.14. The van der Waals surface area contributed by atoms with E-state index in [9.17, 15) is 9.90 Å². The standard InChI is InChI=1S/C18H14O2/c19-17(14-8-2-1-3-9-14)18(20)16-12-6-10-13-7-4-5-11-15(13)16/h1-12,18,20H. The van der Waals surface area contributed by atoms with Gasteiger partial charge in [0.2, 0.25) is 0 Å². The highest BCUT2D eigenvalue weighted by atomic mass is 16.3. The number of aliphatic hydroxyl groups is 1. The van der Waals surface area contributed by atoms with Gasteiger partial charge >= 0.3 is 0 Å². The van der Waals surface area contributed by atoms with Crippen molar-refractivity contribution in [2.75, 3.05) is 0 Å². The van der Waals surface area contributed by atoms with Crippen molar-refractivity contribution in [1.29, 1.82) is 0 Å². The first-order chi connectivity index (χ1) is 9.77. The molecule has 2 heteroatoms. The molecule has 1 unspecified atom stereocenters. The van der Waals surface area contributed by atoms with Crippen molar-refractivity contribution in [2.24, 2.45) is 0 Å². The molecule has 0 aromatic heterocycles. The van der Waals surface area contributed by atoms with E-state index in [2.05, 4.69) is 0 Å². The van der Waals surface area contributed by atoms with Crippen LogP contribution in [0.15, 0.2) is 72.8 Å². The van der Waals surface area contributed by atoms with Gasteiger partial charge in [-0.3, -0.25) is 4.79 Å². The van der Waals surface area contributed by atoms with E-state index >= 15 is 0 Å². The molecule has 3 aromatic carbocycles.